The smallest absolute Gasteiger partial charge is 0.223 e. The minimum absolute atomic E-state index is 0.00156. The quantitative estimate of drug-likeness (QED) is 0.781. The molecule has 0 saturated heterocycles. The van der Waals surface area contributed by atoms with Crippen LogP contribution < -0.4 is 9.64 Å². The SMILES string of the molecule is COc1ccc2c(c1)C(O)CCN2C(C)=O. The van der Waals surface area contributed by atoms with Gasteiger partial charge in [0.25, 0.3) is 0 Å². The fourth-order valence-electron chi connectivity index (χ4n) is 2.03. The Bertz CT molecular complexity index is 417. The third-order valence-corrected chi connectivity index (χ3v) is 2.89. The van der Waals surface area contributed by atoms with Crippen molar-refractivity contribution in [2.75, 3.05) is 18.6 Å². The Morgan fingerprint density at radius 2 is 2.31 bits per heavy atom. The van der Waals surface area contributed by atoms with Crippen molar-refractivity contribution in [2.24, 2.45) is 0 Å². The van der Waals surface area contributed by atoms with Gasteiger partial charge in [0.2, 0.25) is 5.91 Å². The van der Waals surface area contributed by atoms with Crippen LogP contribution in [-0.4, -0.2) is 24.7 Å². The molecule has 0 radical (unpaired) electrons. The maximum Gasteiger partial charge on any atom is 0.223 e. The molecule has 0 aromatic heterocycles. The number of hydrogen-bond donors (Lipinski definition) is 1. The van der Waals surface area contributed by atoms with Crippen molar-refractivity contribution in [3.8, 4) is 5.75 Å². The van der Waals surface area contributed by atoms with Gasteiger partial charge < -0.3 is 14.7 Å². The molecule has 2 rings (SSSR count). The second-order valence-electron chi connectivity index (χ2n) is 3.90. The molecule has 1 N–H and O–H groups in total. The maximum absolute atomic E-state index is 11.4. The molecule has 1 unspecified atom stereocenters. The Labute approximate surface area is 94.4 Å². The number of ether oxygens (including phenoxy) is 1. The van der Waals surface area contributed by atoms with Gasteiger partial charge in [-0.1, -0.05) is 0 Å². The van der Waals surface area contributed by atoms with Gasteiger partial charge in [-0.2, -0.15) is 0 Å². The van der Waals surface area contributed by atoms with E-state index in [4.69, 9.17) is 4.74 Å². The summed E-state index contributed by atoms with van der Waals surface area (Å²) in [5.74, 6) is 0.696. The summed E-state index contributed by atoms with van der Waals surface area (Å²) >= 11 is 0. The molecule has 0 spiro atoms. The van der Waals surface area contributed by atoms with Gasteiger partial charge in [-0.25, -0.2) is 0 Å². The number of methoxy groups -OCH3 is 1. The van der Waals surface area contributed by atoms with E-state index in [9.17, 15) is 9.90 Å². The number of carbonyl (C=O) groups is 1. The molecule has 1 heterocycles. The highest BCUT2D eigenvalue weighted by atomic mass is 16.5. The lowest BCUT2D eigenvalue weighted by Crippen LogP contribution is -2.34. The number of aliphatic hydroxyl groups excluding tert-OH is 1. The van der Waals surface area contributed by atoms with E-state index < -0.39 is 6.10 Å². The Morgan fingerprint density at radius 1 is 1.56 bits per heavy atom. The number of nitrogens with zero attached hydrogens (tertiary/aromatic N) is 1. The van der Waals surface area contributed by atoms with Crippen LogP contribution in [0, 0.1) is 0 Å². The van der Waals surface area contributed by atoms with Crippen LogP contribution >= 0.6 is 0 Å². The third-order valence-electron chi connectivity index (χ3n) is 2.89. The van der Waals surface area contributed by atoms with Crippen LogP contribution in [0.15, 0.2) is 18.2 Å². The summed E-state index contributed by atoms with van der Waals surface area (Å²) in [5.41, 5.74) is 1.55. The summed E-state index contributed by atoms with van der Waals surface area (Å²) in [4.78, 5) is 13.1. The van der Waals surface area contributed by atoms with Crippen molar-refractivity contribution < 1.29 is 14.6 Å². The van der Waals surface area contributed by atoms with Gasteiger partial charge in [0, 0.05) is 24.7 Å². The predicted octanol–water partition coefficient (Wildman–Crippen LogP) is 1.49. The lowest BCUT2D eigenvalue weighted by molar-refractivity contribution is -0.116. The molecule has 1 aliphatic rings. The van der Waals surface area contributed by atoms with Crippen LogP contribution in [0.1, 0.15) is 25.0 Å². The van der Waals surface area contributed by atoms with Crippen molar-refractivity contribution in [1.29, 1.82) is 0 Å². The highest BCUT2D eigenvalue weighted by Gasteiger charge is 2.25. The molecule has 1 aliphatic heterocycles. The van der Waals surface area contributed by atoms with Gasteiger partial charge in [0.15, 0.2) is 0 Å². The van der Waals surface area contributed by atoms with Gasteiger partial charge in [0.1, 0.15) is 5.75 Å². The van der Waals surface area contributed by atoms with Gasteiger partial charge in [-0.3, -0.25) is 4.79 Å². The van der Waals surface area contributed by atoms with Gasteiger partial charge in [-0.05, 0) is 24.6 Å². The van der Waals surface area contributed by atoms with Crippen LogP contribution in [0.5, 0.6) is 5.75 Å². The fraction of sp³-hybridized carbons (Fsp3) is 0.417. The van der Waals surface area contributed by atoms with Crippen LogP contribution in [0.2, 0.25) is 0 Å². The zero-order chi connectivity index (χ0) is 11.7. The van der Waals surface area contributed by atoms with E-state index in [1.54, 1.807) is 24.1 Å². The molecule has 0 saturated carbocycles. The Morgan fingerprint density at radius 3 is 2.94 bits per heavy atom. The minimum Gasteiger partial charge on any atom is -0.497 e. The number of fused-ring (bicyclic) bond motifs is 1. The molecule has 16 heavy (non-hydrogen) atoms. The molecular weight excluding hydrogens is 206 g/mol. The molecule has 0 aliphatic carbocycles. The van der Waals surface area contributed by atoms with E-state index in [1.165, 1.54) is 6.92 Å². The molecule has 1 aromatic carbocycles. The van der Waals surface area contributed by atoms with Crippen molar-refractivity contribution in [1.82, 2.24) is 0 Å². The molecular formula is C12H15NO3. The topological polar surface area (TPSA) is 49.8 Å². The van der Waals surface area contributed by atoms with Gasteiger partial charge in [-0.15, -0.1) is 0 Å². The van der Waals surface area contributed by atoms with E-state index in [-0.39, 0.29) is 5.91 Å². The zero-order valence-corrected chi connectivity index (χ0v) is 9.43. The number of benzene rings is 1. The second-order valence-corrected chi connectivity index (χ2v) is 3.90. The molecule has 4 nitrogen and oxygen atoms in total. The van der Waals surface area contributed by atoms with E-state index in [1.807, 2.05) is 6.07 Å². The average molecular weight is 221 g/mol. The molecule has 0 bridgehead atoms. The highest BCUT2D eigenvalue weighted by molar-refractivity contribution is 5.93. The second kappa shape index (κ2) is 4.14. The van der Waals surface area contributed by atoms with Crippen LogP contribution in [0.3, 0.4) is 0 Å². The van der Waals surface area contributed by atoms with Crippen molar-refractivity contribution >= 4 is 11.6 Å². The molecule has 4 heteroatoms. The number of hydrogen-bond acceptors (Lipinski definition) is 3. The summed E-state index contributed by atoms with van der Waals surface area (Å²) < 4.78 is 5.11. The van der Waals surface area contributed by atoms with Crippen LogP contribution in [0.4, 0.5) is 5.69 Å². The summed E-state index contributed by atoms with van der Waals surface area (Å²) in [6, 6.07) is 5.40. The third kappa shape index (κ3) is 1.76. The van der Waals surface area contributed by atoms with Gasteiger partial charge in [0.05, 0.1) is 13.2 Å². The molecule has 1 amide bonds. The average Bonchev–Trinajstić information content (AvgIpc) is 2.29. The Kier molecular flexibility index (Phi) is 2.83. The van der Waals surface area contributed by atoms with E-state index in [0.29, 0.717) is 18.7 Å². The molecule has 1 atom stereocenters. The number of rotatable bonds is 1. The first-order valence-corrected chi connectivity index (χ1v) is 5.27. The first-order chi connectivity index (χ1) is 7.63. The lowest BCUT2D eigenvalue weighted by atomic mass is 9.98. The number of aliphatic hydroxyl groups is 1. The highest BCUT2D eigenvalue weighted by Crippen LogP contribution is 2.36. The van der Waals surface area contributed by atoms with Crippen molar-refractivity contribution in [2.45, 2.75) is 19.4 Å². The standard InChI is InChI=1S/C12H15NO3/c1-8(14)13-6-5-12(15)10-7-9(16-2)3-4-11(10)13/h3-4,7,12,15H,5-6H2,1-2H3. The normalized spacial score (nSPS) is 19.2. The first kappa shape index (κ1) is 11.0. The number of carbonyl (C=O) groups excluding carboxylic acids is 1. The fourth-order valence-corrected chi connectivity index (χ4v) is 2.03. The van der Waals surface area contributed by atoms with Crippen molar-refractivity contribution in [3.05, 3.63) is 23.8 Å². The predicted molar refractivity (Wildman–Crippen MR) is 60.6 cm³/mol. The molecule has 0 fully saturated rings. The Balaban J connectivity index is 2.47. The monoisotopic (exact) mass is 221 g/mol. The number of anilines is 1. The summed E-state index contributed by atoms with van der Waals surface area (Å²) in [6.07, 6.45) is 0.0560. The summed E-state index contributed by atoms with van der Waals surface area (Å²) in [6.45, 7) is 2.10. The summed E-state index contributed by atoms with van der Waals surface area (Å²) in [7, 11) is 1.58. The van der Waals surface area contributed by atoms with E-state index in [2.05, 4.69) is 0 Å². The molecule has 1 aromatic rings. The maximum atomic E-state index is 11.4. The molecule has 86 valence electrons. The van der Waals surface area contributed by atoms with Crippen LogP contribution in [0.25, 0.3) is 0 Å². The zero-order valence-electron chi connectivity index (χ0n) is 9.43. The minimum atomic E-state index is -0.513. The summed E-state index contributed by atoms with van der Waals surface area (Å²) in [5, 5.41) is 9.89. The first-order valence-electron chi connectivity index (χ1n) is 5.27. The lowest BCUT2D eigenvalue weighted by Gasteiger charge is -2.31. The van der Waals surface area contributed by atoms with Crippen LogP contribution in [-0.2, 0) is 4.79 Å². The van der Waals surface area contributed by atoms with Crippen molar-refractivity contribution in [3.63, 3.8) is 0 Å². The number of amides is 1. The van der Waals surface area contributed by atoms with E-state index in [0.717, 1.165) is 11.3 Å². The van der Waals surface area contributed by atoms with E-state index >= 15 is 0 Å². The largest absolute Gasteiger partial charge is 0.497 e. The van der Waals surface area contributed by atoms with Gasteiger partial charge >= 0.3 is 0 Å². The Hall–Kier alpha value is -1.55.